The summed E-state index contributed by atoms with van der Waals surface area (Å²) < 4.78 is 0. The first-order valence-electron chi connectivity index (χ1n) is 15.5. The van der Waals surface area contributed by atoms with Crippen LogP contribution in [0.1, 0.15) is 129 Å². The van der Waals surface area contributed by atoms with E-state index in [1.54, 1.807) is 0 Å². The fraction of sp³-hybridized carbons (Fsp3) is 0.676. The minimum absolute atomic E-state index is 0.0596. The number of aliphatic hydroxyl groups excluding tert-OH is 2. The zero-order valence-corrected chi connectivity index (χ0v) is 24.7. The molecule has 0 saturated carbocycles. The van der Waals surface area contributed by atoms with Crippen LogP contribution in [0.3, 0.4) is 0 Å². The Labute approximate surface area is 235 Å². The predicted octanol–water partition coefficient (Wildman–Crippen LogP) is 8.67. The number of hydrogen-bond acceptors (Lipinski definition) is 3. The number of carbonyl (C=O) groups excluding carboxylic acids is 1. The van der Waals surface area contributed by atoms with Gasteiger partial charge < -0.3 is 15.5 Å². The molecule has 0 saturated heterocycles. The van der Waals surface area contributed by atoms with Crippen molar-refractivity contribution in [2.75, 3.05) is 6.61 Å². The summed E-state index contributed by atoms with van der Waals surface area (Å²) in [5, 5.41) is 22.4. The molecular formula is C34H59NO3. The third-order valence-corrected chi connectivity index (χ3v) is 6.54. The highest BCUT2D eigenvalue weighted by Crippen LogP contribution is 2.11. The topological polar surface area (TPSA) is 69.6 Å². The molecule has 0 aliphatic rings. The summed E-state index contributed by atoms with van der Waals surface area (Å²) in [5.41, 5.74) is 0. The first-order valence-corrected chi connectivity index (χ1v) is 15.5. The number of nitrogens with one attached hydrogen (secondary N) is 1. The summed E-state index contributed by atoms with van der Waals surface area (Å²) in [4.78, 5) is 12.1. The van der Waals surface area contributed by atoms with Crippen molar-refractivity contribution < 1.29 is 15.0 Å². The van der Waals surface area contributed by atoms with Crippen molar-refractivity contribution in [1.29, 1.82) is 0 Å². The highest BCUT2D eigenvalue weighted by molar-refractivity contribution is 5.76. The van der Waals surface area contributed by atoms with Crippen molar-refractivity contribution in [3.63, 3.8) is 0 Å². The molecule has 0 rings (SSSR count). The molecule has 1 amide bonds. The molecule has 4 heteroatoms. The van der Waals surface area contributed by atoms with Gasteiger partial charge in [-0.25, -0.2) is 0 Å². The number of rotatable bonds is 26. The van der Waals surface area contributed by atoms with Gasteiger partial charge in [0, 0.05) is 6.42 Å². The molecule has 0 aromatic rings. The monoisotopic (exact) mass is 529 g/mol. The van der Waals surface area contributed by atoms with Crippen molar-refractivity contribution in [2.45, 2.75) is 142 Å². The average molecular weight is 530 g/mol. The van der Waals surface area contributed by atoms with Gasteiger partial charge in [-0.15, -0.1) is 0 Å². The molecule has 2 unspecified atom stereocenters. The SMILES string of the molecule is CC/C=C\C/C=C\C/C=C\C/C=C\C/C=C\CCCCCCCCCC(=O)NC(CO)C(O)CCCCC. The number of aliphatic hydroxyl groups is 2. The highest BCUT2D eigenvalue weighted by Gasteiger charge is 2.19. The lowest BCUT2D eigenvalue weighted by molar-refractivity contribution is -0.123. The van der Waals surface area contributed by atoms with E-state index in [-0.39, 0.29) is 12.5 Å². The number of amides is 1. The maximum atomic E-state index is 12.1. The lowest BCUT2D eigenvalue weighted by Crippen LogP contribution is -2.45. The van der Waals surface area contributed by atoms with Gasteiger partial charge in [0.05, 0.1) is 18.8 Å². The summed E-state index contributed by atoms with van der Waals surface area (Å²) in [5.74, 6) is -0.0596. The molecule has 218 valence electrons. The predicted molar refractivity (Wildman–Crippen MR) is 165 cm³/mol. The summed E-state index contributed by atoms with van der Waals surface area (Å²) in [7, 11) is 0. The van der Waals surface area contributed by atoms with Crippen molar-refractivity contribution in [1.82, 2.24) is 5.32 Å². The molecule has 0 aromatic carbocycles. The van der Waals surface area contributed by atoms with E-state index >= 15 is 0 Å². The van der Waals surface area contributed by atoms with Gasteiger partial charge in [-0.05, 0) is 57.8 Å². The van der Waals surface area contributed by atoms with Crippen LogP contribution in [0, 0.1) is 0 Å². The van der Waals surface area contributed by atoms with Gasteiger partial charge in [0.1, 0.15) is 0 Å². The fourth-order valence-corrected chi connectivity index (χ4v) is 4.15. The highest BCUT2D eigenvalue weighted by atomic mass is 16.3. The molecule has 0 fully saturated rings. The molecule has 38 heavy (non-hydrogen) atoms. The van der Waals surface area contributed by atoms with E-state index in [1.807, 2.05) is 0 Å². The van der Waals surface area contributed by atoms with E-state index in [4.69, 9.17) is 0 Å². The van der Waals surface area contributed by atoms with E-state index in [0.29, 0.717) is 12.8 Å². The number of carbonyl (C=O) groups is 1. The summed E-state index contributed by atoms with van der Waals surface area (Å²) >= 11 is 0. The molecule has 0 aliphatic carbocycles. The Hall–Kier alpha value is -1.91. The second-order valence-corrected chi connectivity index (χ2v) is 10.1. The van der Waals surface area contributed by atoms with Gasteiger partial charge in [0.25, 0.3) is 0 Å². The van der Waals surface area contributed by atoms with Crippen molar-refractivity contribution in [3.05, 3.63) is 60.8 Å². The van der Waals surface area contributed by atoms with Crippen LogP contribution < -0.4 is 5.32 Å². The molecular weight excluding hydrogens is 470 g/mol. The lowest BCUT2D eigenvalue weighted by atomic mass is 10.0. The Morgan fingerprint density at radius 3 is 1.68 bits per heavy atom. The number of hydrogen-bond donors (Lipinski definition) is 3. The van der Waals surface area contributed by atoms with E-state index in [2.05, 4.69) is 79.9 Å². The summed E-state index contributed by atoms with van der Waals surface area (Å²) in [6, 6.07) is -0.540. The van der Waals surface area contributed by atoms with Crippen LogP contribution in [-0.4, -0.2) is 34.9 Å². The van der Waals surface area contributed by atoms with E-state index in [0.717, 1.165) is 77.0 Å². The fourth-order valence-electron chi connectivity index (χ4n) is 4.15. The van der Waals surface area contributed by atoms with Crippen molar-refractivity contribution in [3.8, 4) is 0 Å². The molecule has 2 atom stereocenters. The van der Waals surface area contributed by atoms with Crippen LogP contribution in [0.2, 0.25) is 0 Å². The molecule has 4 nitrogen and oxygen atoms in total. The van der Waals surface area contributed by atoms with Gasteiger partial charge in [-0.2, -0.15) is 0 Å². The van der Waals surface area contributed by atoms with Crippen LogP contribution in [-0.2, 0) is 4.79 Å². The van der Waals surface area contributed by atoms with Crippen LogP contribution in [0.25, 0.3) is 0 Å². The minimum atomic E-state index is -0.662. The van der Waals surface area contributed by atoms with Crippen LogP contribution in [0.4, 0.5) is 0 Å². The average Bonchev–Trinajstić information content (AvgIpc) is 2.92. The third kappa shape index (κ3) is 25.7. The molecule has 0 bridgehead atoms. The zero-order chi connectivity index (χ0) is 27.9. The van der Waals surface area contributed by atoms with Gasteiger partial charge in [0.15, 0.2) is 0 Å². The van der Waals surface area contributed by atoms with E-state index in [1.165, 1.54) is 25.7 Å². The Morgan fingerprint density at radius 1 is 0.658 bits per heavy atom. The maximum Gasteiger partial charge on any atom is 0.220 e. The molecule has 0 aromatic heterocycles. The molecule has 0 heterocycles. The van der Waals surface area contributed by atoms with E-state index in [9.17, 15) is 15.0 Å². The van der Waals surface area contributed by atoms with Gasteiger partial charge in [0.2, 0.25) is 5.91 Å². The van der Waals surface area contributed by atoms with Crippen LogP contribution in [0.15, 0.2) is 60.8 Å². The van der Waals surface area contributed by atoms with Crippen LogP contribution in [0.5, 0.6) is 0 Å². The zero-order valence-electron chi connectivity index (χ0n) is 24.7. The molecule has 0 spiro atoms. The summed E-state index contributed by atoms with van der Waals surface area (Å²) in [6.45, 7) is 4.07. The van der Waals surface area contributed by atoms with Gasteiger partial charge >= 0.3 is 0 Å². The quantitative estimate of drug-likeness (QED) is 0.0775. The Kier molecular flexibility index (Phi) is 28.2. The van der Waals surface area contributed by atoms with Crippen LogP contribution >= 0.6 is 0 Å². The third-order valence-electron chi connectivity index (χ3n) is 6.54. The number of unbranched alkanes of at least 4 members (excludes halogenated alkanes) is 9. The van der Waals surface area contributed by atoms with Crippen molar-refractivity contribution in [2.24, 2.45) is 0 Å². The second kappa shape index (κ2) is 29.6. The lowest BCUT2D eigenvalue weighted by Gasteiger charge is -2.22. The molecule has 0 radical (unpaired) electrons. The Morgan fingerprint density at radius 2 is 1.16 bits per heavy atom. The second-order valence-electron chi connectivity index (χ2n) is 10.1. The minimum Gasteiger partial charge on any atom is -0.394 e. The Bertz CT molecular complexity index is 663. The first kappa shape index (κ1) is 36.1. The summed E-state index contributed by atoms with van der Waals surface area (Å²) in [6.07, 6.45) is 40.3. The standard InChI is InChI=1S/C34H59NO3/c1-3-5-7-8-9-10-11-12-13-14-15-16-17-18-19-20-21-22-23-24-25-26-28-30-34(38)35-32(31-36)33(37)29-27-6-4-2/h5,7,9-10,12-13,15-16,18-19,32-33,36-37H,3-4,6,8,11,14,17,20-31H2,1-2H3,(H,35,38)/b7-5-,10-9-,13-12-,16-15-,19-18-. The Balaban J connectivity index is 3.56. The van der Waals surface area contributed by atoms with Gasteiger partial charge in [-0.3, -0.25) is 4.79 Å². The maximum absolute atomic E-state index is 12.1. The van der Waals surface area contributed by atoms with Gasteiger partial charge in [-0.1, -0.05) is 126 Å². The normalized spacial score (nSPS) is 14.1. The van der Waals surface area contributed by atoms with E-state index < -0.39 is 12.1 Å². The smallest absolute Gasteiger partial charge is 0.220 e. The number of allylic oxidation sites excluding steroid dienone is 10. The molecule has 3 N–H and O–H groups in total. The van der Waals surface area contributed by atoms with Crippen molar-refractivity contribution >= 4 is 5.91 Å². The molecule has 0 aliphatic heterocycles. The largest absolute Gasteiger partial charge is 0.394 e. The first-order chi connectivity index (χ1) is 18.7.